The molecule has 1 saturated carbocycles. The zero-order valence-corrected chi connectivity index (χ0v) is 13.0. The second kappa shape index (κ2) is 7.76. The fraction of sp³-hybridized carbons (Fsp3) is 0.471. The molecule has 1 aliphatic rings. The summed E-state index contributed by atoms with van der Waals surface area (Å²) in [6.45, 7) is 0. The van der Waals surface area contributed by atoms with Gasteiger partial charge in [-0.15, -0.1) is 0 Å². The Morgan fingerprint density at radius 3 is 2.30 bits per heavy atom. The van der Waals surface area contributed by atoms with Crippen molar-refractivity contribution in [3.63, 3.8) is 0 Å². The maximum Gasteiger partial charge on any atom is 0.335 e. The number of rotatable bonds is 7. The Kier molecular flexibility index (Phi) is 5.73. The number of carbonyl (C=O) groups excluding carboxylic acids is 2. The van der Waals surface area contributed by atoms with Gasteiger partial charge < -0.3 is 16.2 Å². The second-order valence-corrected chi connectivity index (χ2v) is 6.08. The highest BCUT2D eigenvalue weighted by Crippen LogP contribution is 2.27. The minimum Gasteiger partial charge on any atom is -0.478 e. The van der Waals surface area contributed by atoms with Crippen LogP contribution in [-0.2, 0) is 16.0 Å². The maximum absolute atomic E-state index is 12.1. The summed E-state index contributed by atoms with van der Waals surface area (Å²) in [7, 11) is 0. The van der Waals surface area contributed by atoms with E-state index in [4.69, 9.17) is 10.8 Å². The van der Waals surface area contributed by atoms with E-state index in [2.05, 4.69) is 5.32 Å². The predicted molar refractivity (Wildman–Crippen MR) is 84.8 cm³/mol. The molecule has 1 fully saturated rings. The Hall–Kier alpha value is -2.37. The molecule has 6 nitrogen and oxygen atoms in total. The number of primary amides is 1. The van der Waals surface area contributed by atoms with Gasteiger partial charge in [-0.05, 0) is 36.5 Å². The van der Waals surface area contributed by atoms with Gasteiger partial charge in [-0.2, -0.15) is 0 Å². The standard InChI is InChI=1S/C17H22N2O4/c18-16(21)14(19-15(20)10-11-3-1-2-4-11)9-12-5-7-13(8-6-12)17(22)23/h5-8,11,14H,1-4,9-10H2,(H2,18,21)(H,19,20)(H,22,23)/t14-/m1/s1. The number of nitrogens with one attached hydrogen (secondary N) is 1. The fourth-order valence-electron chi connectivity index (χ4n) is 2.97. The number of carboxylic acid groups (broad SMARTS) is 1. The number of nitrogens with two attached hydrogens (primary N) is 1. The number of aromatic carboxylic acids is 1. The van der Waals surface area contributed by atoms with Crippen LogP contribution in [0.5, 0.6) is 0 Å². The highest BCUT2D eigenvalue weighted by molar-refractivity contribution is 5.88. The lowest BCUT2D eigenvalue weighted by molar-refractivity contribution is -0.127. The molecule has 0 saturated heterocycles. The number of hydrogen-bond donors (Lipinski definition) is 3. The van der Waals surface area contributed by atoms with Crippen molar-refractivity contribution in [3.05, 3.63) is 35.4 Å². The zero-order valence-electron chi connectivity index (χ0n) is 13.0. The van der Waals surface area contributed by atoms with Crippen molar-refractivity contribution >= 4 is 17.8 Å². The van der Waals surface area contributed by atoms with Gasteiger partial charge in [0.05, 0.1) is 5.56 Å². The van der Waals surface area contributed by atoms with Crippen molar-refractivity contribution in [1.29, 1.82) is 0 Å². The number of amides is 2. The summed E-state index contributed by atoms with van der Waals surface area (Å²) in [6.07, 6.45) is 5.13. The molecule has 6 heteroatoms. The normalized spacial score (nSPS) is 16.0. The molecular weight excluding hydrogens is 296 g/mol. The van der Waals surface area contributed by atoms with Gasteiger partial charge in [0.1, 0.15) is 6.04 Å². The van der Waals surface area contributed by atoms with Gasteiger partial charge in [-0.3, -0.25) is 9.59 Å². The van der Waals surface area contributed by atoms with Crippen LogP contribution < -0.4 is 11.1 Å². The third-order valence-corrected chi connectivity index (χ3v) is 4.27. The number of hydrogen-bond acceptors (Lipinski definition) is 3. The van der Waals surface area contributed by atoms with E-state index in [0.29, 0.717) is 12.3 Å². The molecule has 2 amide bonds. The van der Waals surface area contributed by atoms with E-state index in [1.807, 2.05) is 0 Å². The van der Waals surface area contributed by atoms with Gasteiger partial charge in [0, 0.05) is 12.8 Å². The molecule has 1 aromatic rings. The Morgan fingerprint density at radius 1 is 1.17 bits per heavy atom. The first-order chi connectivity index (χ1) is 11.0. The van der Waals surface area contributed by atoms with Crippen LogP contribution in [0.25, 0.3) is 0 Å². The molecule has 1 aromatic carbocycles. The summed E-state index contributed by atoms with van der Waals surface area (Å²) in [5.74, 6) is -1.35. The van der Waals surface area contributed by atoms with Crippen LogP contribution in [-0.4, -0.2) is 28.9 Å². The van der Waals surface area contributed by atoms with Crippen molar-refractivity contribution in [2.24, 2.45) is 11.7 Å². The Labute approximate surface area is 135 Å². The first-order valence-corrected chi connectivity index (χ1v) is 7.86. The van der Waals surface area contributed by atoms with Crippen molar-refractivity contribution in [2.45, 2.75) is 44.6 Å². The van der Waals surface area contributed by atoms with Crippen molar-refractivity contribution in [1.82, 2.24) is 5.32 Å². The van der Waals surface area contributed by atoms with E-state index >= 15 is 0 Å². The molecule has 0 aromatic heterocycles. The highest BCUT2D eigenvalue weighted by atomic mass is 16.4. The number of carbonyl (C=O) groups is 3. The third-order valence-electron chi connectivity index (χ3n) is 4.27. The topological polar surface area (TPSA) is 109 Å². The lowest BCUT2D eigenvalue weighted by atomic mass is 10.0. The molecule has 4 N–H and O–H groups in total. The molecule has 0 spiro atoms. The molecule has 2 rings (SSSR count). The summed E-state index contributed by atoms with van der Waals surface area (Å²) in [6, 6.07) is 5.41. The van der Waals surface area contributed by atoms with E-state index in [1.54, 1.807) is 12.1 Å². The number of benzene rings is 1. The molecule has 0 bridgehead atoms. The average molecular weight is 318 g/mol. The third kappa shape index (κ3) is 5.09. The monoisotopic (exact) mass is 318 g/mol. The largest absolute Gasteiger partial charge is 0.478 e. The molecule has 0 radical (unpaired) electrons. The van der Waals surface area contributed by atoms with Gasteiger partial charge in [-0.25, -0.2) is 4.79 Å². The molecule has 1 aliphatic carbocycles. The van der Waals surface area contributed by atoms with E-state index in [-0.39, 0.29) is 17.9 Å². The molecule has 0 aliphatic heterocycles. The van der Waals surface area contributed by atoms with Gasteiger partial charge in [0.15, 0.2) is 0 Å². The van der Waals surface area contributed by atoms with Gasteiger partial charge >= 0.3 is 5.97 Å². The minimum atomic E-state index is -1.01. The molecule has 23 heavy (non-hydrogen) atoms. The van der Waals surface area contributed by atoms with Crippen LogP contribution in [0.1, 0.15) is 48.0 Å². The van der Waals surface area contributed by atoms with Crippen LogP contribution in [0, 0.1) is 5.92 Å². The van der Waals surface area contributed by atoms with Gasteiger partial charge in [-0.1, -0.05) is 25.0 Å². The van der Waals surface area contributed by atoms with Gasteiger partial charge in [0.2, 0.25) is 11.8 Å². The maximum atomic E-state index is 12.1. The first kappa shape index (κ1) is 17.0. The van der Waals surface area contributed by atoms with Crippen LogP contribution >= 0.6 is 0 Å². The Balaban J connectivity index is 1.93. The average Bonchev–Trinajstić information content (AvgIpc) is 2.99. The van der Waals surface area contributed by atoms with E-state index in [9.17, 15) is 14.4 Å². The van der Waals surface area contributed by atoms with Crippen molar-refractivity contribution in [2.75, 3.05) is 0 Å². The van der Waals surface area contributed by atoms with Crippen molar-refractivity contribution < 1.29 is 19.5 Å². The van der Waals surface area contributed by atoms with Crippen LogP contribution in [0.4, 0.5) is 0 Å². The molecule has 124 valence electrons. The summed E-state index contributed by atoms with van der Waals surface area (Å²) in [4.78, 5) is 34.4. The predicted octanol–water partition coefficient (Wildman–Crippen LogP) is 1.48. The minimum absolute atomic E-state index is 0.150. The Morgan fingerprint density at radius 2 is 1.78 bits per heavy atom. The first-order valence-electron chi connectivity index (χ1n) is 7.86. The number of carboxylic acids is 1. The van der Waals surface area contributed by atoms with Gasteiger partial charge in [0.25, 0.3) is 0 Å². The molecule has 0 unspecified atom stereocenters. The highest BCUT2D eigenvalue weighted by Gasteiger charge is 2.22. The lowest BCUT2D eigenvalue weighted by Crippen LogP contribution is -2.46. The zero-order chi connectivity index (χ0) is 16.8. The molecule has 1 atom stereocenters. The second-order valence-electron chi connectivity index (χ2n) is 6.08. The summed E-state index contributed by atoms with van der Waals surface area (Å²) >= 11 is 0. The quantitative estimate of drug-likeness (QED) is 0.707. The molecular formula is C17H22N2O4. The van der Waals surface area contributed by atoms with Crippen molar-refractivity contribution in [3.8, 4) is 0 Å². The lowest BCUT2D eigenvalue weighted by Gasteiger charge is -2.17. The Bertz CT molecular complexity index is 577. The van der Waals surface area contributed by atoms with Crippen LogP contribution in [0.15, 0.2) is 24.3 Å². The van der Waals surface area contributed by atoms with Crippen LogP contribution in [0.2, 0.25) is 0 Å². The summed E-state index contributed by atoms with van der Waals surface area (Å²) in [5, 5.41) is 11.6. The smallest absolute Gasteiger partial charge is 0.335 e. The SMILES string of the molecule is NC(=O)[C@@H](Cc1ccc(C(=O)O)cc1)NC(=O)CC1CCCC1. The fourth-order valence-corrected chi connectivity index (χ4v) is 2.97. The van der Waals surface area contributed by atoms with Crippen LogP contribution in [0.3, 0.4) is 0 Å². The van der Waals surface area contributed by atoms with E-state index in [0.717, 1.165) is 31.2 Å². The van der Waals surface area contributed by atoms with E-state index in [1.165, 1.54) is 12.1 Å². The van der Waals surface area contributed by atoms with E-state index < -0.39 is 17.9 Å². The summed E-state index contributed by atoms with van der Waals surface area (Å²) in [5.41, 5.74) is 6.30. The summed E-state index contributed by atoms with van der Waals surface area (Å²) < 4.78 is 0. The molecule has 0 heterocycles.